The lowest BCUT2D eigenvalue weighted by Crippen LogP contribution is -2.40. The van der Waals surface area contributed by atoms with Gasteiger partial charge in [0.15, 0.2) is 5.76 Å². The molecule has 0 saturated carbocycles. The molecule has 0 unspecified atom stereocenters. The SMILES string of the molecule is Cc1cc(NC(=O)c2ccco2)sc1C(=O)Nc1c(C(=O)N2CCOCC2)oc2ccccc12. The van der Waals surface area contributed by atoms with Crippen molar-refractivity contribution in [3.05, 3.63) is 70.7 Å². The molecule has 0 spiro atoms. The van der Waals surface area contributed by atoms with E-state index in [4.69, 9.17) is 13.6 Å². The summed E-state index contributed by atoms with van der Waals surface area (Å²) in [6.45, 7) is 3.59. The first kappa shape index (κ1) is 21.9. The van der Waals surface area contributed by atoms with Crippen LogP contribution in [0.4, 0.5) is 10.7 Å². The Morgan fingerprint density at radius 3 is 2.56 bits per heavy atom. The third kappa shape index (κ3) is 4.20. The average molecular weight is 480 g/mol. The molecule has 1 fully saturated rings. The fourth-order valence-corrected chi connectivity index (χ4v) is 4.71. The van der Waals surface area contributed by atoms with Gasteiger partial charge in [0.1, 0.15) is 11.3 Å². The molecule has 5 rings (SSSR count). The number of para-hydroxylation sites is 1. The van der Waals surface area contributed by atoms with Crippen LogP contribution in [-0.4, -0.2) is 48.9 Å². The highest BCUT2D eigenvalue weighted by Gasteiger charge is 2.28. The molecule has 34 heavy (non-hydrogen) atoms. The van der Waals surface area contributed by atoms with E-state index in [-0.39, 0.29) is 17.4 Å². The number of nitrogens with zero attached hydrogens (tertiary/aromatic N) is 1. The summed E-state index contributed by atoms with van der Waals surface area (Å²) >= 11 is 1.13. The van der Waals surface area contributed by atoms with Crippen molar-refractivity contribution in [2.75, 3.05) is 36.9 Å². The minimum atomic E-state index is -0.405. The molecule has 0 bridgehead atoms. The molecular formula is C24H21N3O6S. The van der Waals surface area contributed by atoms with Crippen LogP contribution in [0.25, 0.3) is 11.0 Å². The summed E-state index contributed by atoms with van der Waals surface area (Å²) in [6, 6.07) is 12.1. The summed E-state index contributed by atoms with van der Waals surface area (Å²) < 4.78 is 16.3. The smallest absolute Gasteiger partial charge is 0.291 e. The highest BCUT2D eigenvalue weighted by atomic mass is 32.1. The van der Waals surface area contributed by atoms with Crippen LogP contribution in [0.5, 0.6) is 0 Å². The van der Waals surface area contributed by atoms with Crippen molar-refractivity contribution in [1.82, 2.24) is 4.90 Å². The van der Waals surface area contributed by atoms with Crippen molar-refractivity contribution in [3.63, 3.8) is 0 Å². The van der Waals surface area contributed by atoms with E-state index in [1.165, 1.54) is 6.26 Å². The maximum Gasteiger partial charge on any atom is 0.291 e. The summed E-state index contributed by atoms with van der Waals surface area (Å²) in [4.78, 5) is 40.8. The van der Waals surface area contributed by atoms with Crippen molar-refractivity contribution in [2.45, 2.75) is 6.92 Å². The quantitative estimate of drug-likeness (QED) is 0.439. The summed E-state index contributed by atoms with van der Waals surface area (Å²) in [5, 5.41) is 6.75. The van der Waals surface area contributed by atoms with Gasteiger partial charge in [0.25, 0.3) is 17.7 Å². The van der Waals surface area contributed by atoms with Crippen molar-refractivity contribution < 1.29 is 28.0 Å². The number of hydrogen-bond donors (Lipinski definition) is 2. The maximum atomic E-state index is 13.2. The van der Waals surface area contributed by atoms with Gasteiger partial charge in [-0.1, -0.05) is 12.1 Å². The third-order valence-corrected chi connectivity index (χ3v) is 6.58. The topological polar surface area (TPSA) is 114 Å². The average Bonchev–Trinajstić information content (AvgIpc) is 3.59. The zero-order valence-electron chi connectivity index (χ0n) is 18.3. The van der Waals surface area contributed by atoms with Crippen molar-refractivity contribution >= 4 is 50.7 Å². The molecule has 1 aromatic carbocycles. The molecule has 1 aliphatic rings. The largest absolute Gasteiger partial charge is 0.459 e. The van der Waals surface area contributed by atoms with Crippen molar-refractivity contribution in [3.8, 4) is 0 Å². The summed E-state index contributed by atoms with van der Waals surface area (Å²) in [6.07, 6.45) is 1.42. The second-order valence-corrected chi connectivity index (χ2v) is 8.77. The molecule has 174 valence electrons. The van der Waals surface area contributed by atoms with Crippen LogP contribution in [0, 0.1) is 6.92 Å². The van der Waals surface area contributed by atoms with Gasteiger partial charge in [-0.25, -0.2) is 0 Å². The van der Waals surface area contributed by atoms with Gasteiger partial charge < -0.3 is 29.1 Å². The van der Waals surface area contributed by atoms with Crippen molar-refractivity contribution in [2.24, 2.45) is 0 Å². The molecule has 2 N–H and O–H groups in total. The number of carbonyl (C=O) groups is 3. The fraction of sp³-hybridized carbons (Fsp3) is 0.208. The Bertz CT molecular complexity index is 1360. The fourth-order valence-electron chi connectivity index (χ4n) is 3.75. The number of ether oxygens (including phenoxy) is 1. The van der Waals surface area contributed by atoms with Gasteiger partial charge in [-0.3, -0.25) is 14.4 Å². The number of thiophene rings is 1. The molecule has 1 saturated heterocycles. The van der Waals surface area contributed by atoms with Gasteiger partial charge >= 0.3 is 0 Å². The van der Waals surface area contributed by atoms with Crippen molar-refractivity contribution in [1.29, 1.82) is 0 Å². The van der Waals surface area contributed by atoms with Crippen LogP contribution in [0.15, 0.2) is 57.6 Å². The van der Waals surface area contributed by atoms with E-state index in [0.717, 1.165) is 11.3 Å². The summed E-state index contributed by atoms with van der Waals surface area (Å²) in [7, 11) is 0. The van der Waals surface area contributed by atoms with E-state index in [1.54, 1.807) is 48.2 Å². The van der Waals surface area contributed by atoms with Gasteiger partial charge in [0.2, 0.25) is 5.76 Å². The second-order valence-electron chi connectivity index (χ2n) is 7.72. The van der Waals surface area contributed by atoms with E-state index in [0.29, 0.717) is 58.4 Å². The Kier molecular flexibility index (Phi) is 5.91. The van der Waals surface area contributed by atoms with Crippen LogP contribution in [0.2, 0.25) is 0 Å². The molecule has 4 heterocycles. The van der Waals surface area contributed by atoms with E-state index < -0.39 is 11.8 Å². The van der Waals surface area contributed by atoms with Gasteiger partial charge in [-0.15, -0.1) is 11.3 Å². The van der Waals surface area contributed by atoms with Crippen LogP contribution in [0.3, 0.4) is 0 Å². The number of rotatable bonds is 5. The molecule has 3 amide bonds. The number of benzene rings is 1. The number of hydrogen-bond acceptors (Lipinski definition) is 7. The summed E-state index contributed by atoms with van der Waals surface area (Å²) in [5.74, 6) is -0.852. The summed E-state index contributed by atoms with van der Waals surface area (Å²) in [5.41, 5.74) is 1.51. The first-order valence-electron chi connectivity index (χ1n) is 10.7. The number of furan rings is 2. The minimum absolute atomic E-state index is 0.0806. The van der Waals surface area contributed by atoms with Gasteiger partial charge in [-0.2, -0.15) is 0 Å². The maximum absolute atomic E-state index is 13.2. The number of carbonyl (C=O) groups excluding carboxylic acids is 3. The van der Waals surface area contributed by atoms with E-state index >= 15 is 0 Å². The van der Waals surface area contributed by atoms with Gasteiger partial charge in [0, 0.05) is 18.5 Å². The molecular weight excluding hydrogens is 458 g/mol. The highest BCUT2D eigenvalue weighted by Crippen LogP contribution is 2.34. The number of morpholine rings is 1. The number of aryl methyl sites for hydroxylation is 1. The Morgan fingerprint density at radius 1 is 1.00 bits per heavy atom. The first-order chi connectivity index (χ1) is 16.5. The third-order valence-electron chi connectivity index (χ3n) is 5.43. The van der Waals surface area contributed by atoms with Crippen LogP contribution in [0.1, 0.15) is 36.3 Å². The van der Waals surface area contributed by atoms with E-state index in [1.807, 2.05) is 6.07 Å². The van der Waals surface area contributed by atoms with Gasteiger partial charge in [0.05, 0.1) is 29.4 Å². The predicted octanol–water partition coefficient (Wildman–Crippen LogP) is 4.37. The highest BCUT2D eigenvalue weighted by molar-refractivity contribution is 7.18. The Balaban J connectivity index is 1.42. The molecule has 1 aliphatic heterocycles. The van der Waals surface area contributed by atoms with E-state index in [9.17, 15) is 14.4 Å². The Hall–Kier alpha value is -3.89. The lowest BCUT2D eigenvalue weighted by molar-refractivity contribution is 0.0285. The zero-order chi connectivity index (χ0) is 23.7. The number of fused-ring (bicyclic) bond motifs is 1. The second kappa shape index (κ2) is 9.16. The Labute approximate surface area is 198 Å². The van der Waals surface area contributed by atoms with Crippen LogP contribution < -0.4 is 10.6 Å². The number of amides is 3. The monoisotopic (exact) mass is 479 g/mol. The molecule has 0 atom stereocenters. The minimum Gasteiger partial charge on any atom is -0.459 e. The lowest BCUT2D eigenvalue weighted by atomic mass is 10.2. The Morgan fingerprint density at radius 2 is 1.79 bits per heavy atom. The lowest BCUT2D eigenvalue weighted by Gasteiger charge is -2.26. The molecule has 0 radical (unpaired) electrons. The molecule has 10 heteroatoms. The number of anilines is 2. The number of nitrogens with one attached hydrogen (secondary N) is 2. The first-order valence-corrected chi connectivity index (χ1v) is 11.5. The van der Waals surface area contributed by atoms with Crippen LogP contribution >= 0.6 is 11.3 Å². The molecule has 4 aromatic rings. The normalized spacial score (nSPS) is 13.7. The molecule has 0 aliphatic carbocycles. The zero-order valence-corrected chi connectivity index (χ0v) is 19.1. The van der Waals surface area contributed by atoms with Gasteiger partial charge in [-0.05, 0) is 42.8 Å². The molecule has 9 nitrogen and oxygen atoms in total. The van der Waals surface area contributed by atoms with E-state index in [2.05, 4.69) is 10.6 Å². The predicted molar refractivity (Wildman–Crippen MR) is 127 cm³/mol. The standard InChI is InChI=1S/C24H21N3O6S/c1-14-13-18(25-22(28)17-7-4-10-32-17)34-21(14)23(29)26-19-15-5-2-3-6-16(15)33-20(19)24(30)27-8-11-31-12-9-27/h2-7,10,13H,8-9,11-12H2,1H3,(H,25,28)(H,26,29). The molecule has 3 aromatic heterocycles. The van der Waals surface area contributed by atoms with Crippen LogP contribution in [-0.2, 0) is 4.74 Å².